The van der Waals surface area contributed by atoms with Crippen LogP contribution < -0.4 is 5.32 Å². The molecule has 2 aromatic heterocycles. The Morgan fingerprint density at radius 3 is 2.68 bits per heavy atom. The van der Waals surface area contributed by atoms with Crippen molar-refractivity contribution in [3.63, 3.8) is 0 Å². The molecule has 0 aliphatic heterocycles. The van der Waals surface area contributed by atoms with E-state index in [0.717, 1.165) is 20.9 Å². The number of carbonyl (C=O) groups is 1. The Balaban J connectivity index is 1.85. The zero-order valence-electron chi connectivity index (χ0n) is 12.0. The number of halogens is 1. The molecule has 3 rings (SSSR count). The van der Waals surface area contributed by atoms with Gasteiger partial charge in [-0.2, -0.15) is 0 Å². The lowest BCUT2D eigenvalue weighted by atomic mass is 10.1. The summed E-state index contributed by atoms with van der Waals surface area (Å²) in [6.07, 6.45) is 3.39. The molecule has 0 aliphatic carbocycles. The molecule has 0 saturated carbocycles. The number of rotatable bonds is 3. The highest BCUT2D eigenvalue weighted by Crippen LogP contribution is 2.21. The summed E-state index contributed by atoms with van der Waals surface area (Å²) < 4.78 is 0.774. The van der Waals surface area contributed by atoms with Gasteiger partial charge in [0.15, 0.2) is 0 Å². The molecular weight excluding hydrogens is 342 g/mol. The quantitative estimate of drug-likeness (QED) is 0.775. The standard InChI is InChI=1S/C17H14BrN3O/c1-11(12-5-3-2-4-6-12)20-17(22)15-8-7-13-9-19-10-14(18)16(13)21-15/h2-11H,1H3,(H,20,22). The molecule has 0 fully saturated rings. The molecule has 1 N–H and O–H groups in total. The fourth-order valence-electron chi connectivity index (χ4n) is 2.23. The zero-order chi connectivity index (χ0) is 15.5. The summed E-state index contributed by atoms with van der Waals surface area (Å²) in [5.74, 6) is -0.193. The minimum atomic E-state index is -0.193. The second-order valence-electron chi connectivity index (χ2n) is 5.00. The third-order valence-electron chi connectivity index (χ3n) is 3.43. The van der Waals surface area contributed by atoms with Crippen molar-refractivity contribution in [1.29, 1.82) is 0 Å². The van der Waals surface area contributed by atoms with E-state index in [-0.39, 0.29) is 11.9 Å². The van der Waals surface area contributed by atoms with Crippen molar-refractivity contribution in [2.24, 2.45) is 0 Å². The minimum Gasteiger partial charge on any atom is -0.344 e. The second-order valence-corrected chi connectivity index (χ2v) is 5.85. The first-order chi connectivity index (χ1) is 10.6. The number of hydrogen-bond acceptors (Lipinski definition) is 3. The first kappa shape index (κ1) is 14.7. The molecule has 0 spiro atoms. The Hall–Kier alpha value is -2.27. The molecule has 1 atom stereocenters. The number of aromatic nitrogens is 2. The number of pyridine rings is 2. The van der Waals surface area contributed by atoms with Crippen LogP contribution in [0.3, 0.4) is 0 Å². The smallest absolute Gasteiger partial charge is 0.270 e. The Kier molecular flexibility index (Phi) is 4.15. The summed E-state index contributed by atoms with van der Waals surface area (Å²) in [6.45, 7) is 1.95. The Morgan fingerprint density at radius 2 is 1.91 bits per heavy atom. The van der Waals surface area contributed by atoms with Gasteiger partial charge < -0.3 is 5.32 Å². The minimum absolute atomic E-state index is 0.0768. The Labute approximate surface area is 136 Å². The van der Waals surface area contributed by atoms with Gasteiger partial charge in [0.1, 0.15) is 5.69 Å². The van der Waals surface area contributed by atoms with Gasteiger partial charge in [-0.25, -0.2) is 4.98 Å². The van der Waals surface area contributed by atoms with E-state index < -0.39 is 0 Å². The van der Waals surface area contributed by atoms with Gasteiger partial charge in [0.2, 0.25) is 0 Å². The van der Waals surface area contributed by atoms with Crippen LogP contribution in [0.1, 0.15) is 29.0 Å². The van der Waals surface area contributed by atoms with E-state index in [1.165, 1.54) is 0 Å². The molecule has 4 nitrogen and oxygen atoms in total. The maximum atomic E-state index is 12.4. The van der Waals surface area contributed by atoms with E-state index in [1.807, 2.05) is 43.3 Å². The first-order valence-electron chi connectivity index (χ1n) is 6.91. The number of fused-ring (bicyclic) bond motifs is 1. The molecule has 5 heteroatoms. The maximum absolute atomic E-state index is 12.4. The number of nitrogens with zero attached hydrogens (tertiary/aromatic N) is 2. The summed E-state index contributed by atoms with van der Waals surface area (Å²) in [7, 11) is 0. The van der Waals surface area contributed by atoms with Crippen molar-refractivity contribution in [3.8, 4) is 0 Å². The molecule has 1 unspecified atom stereocenters. The van der Waals surface area contributed by atoms with Crippen LogP contribution in [-0.4, -0.2) is 15.9 Å². The lowest BCUT2D eigenvalue weighted by Gasteiger charge is -2.14. The van der Waals surface area contributed by atoms with Crippen molar-refractivity contribution in [1.82, 2.24) is 15.3 Å². The van der Waals surface area contributed by atoms with E-state index in [2.05, 4.69) is 31.2 Å². The summed E-state index contributed by atoms with van der Waals surface area (Å²) in [5, 5.41) is 3.86. The lowest BCUT2D eigenvalue weighted by Crippen LogP contribution is -2.27. The van der Waals surface area contributed by atoms with Crippen LogP contribution in [0.5, 0.6) is 0 Å². The van der Waals surface area contributed by atoms with Crippen LogP contribution in [0.4, 0.5) is 0 Å². The zero-order valence-corrected chi connectivity index (χ0v) is 13.5. The topological polar surface area (TPSA) is 54.9 Å². The van der Waals surface area contributed by atoms with Gasteiger partial charge in [-0.05, 0) is 40.5 Å². The van der Waals surface area contributed by atoms with E-state index in [1.54, 1.807) is 18.5 Å². The van der Waals surface area contributed by atoms with Gasteiger partial charge in [-0.3, -0.25) is 9.78 Å². The van der Waals surface area contributed by atoms with Crippen LogP contribution in [0, 0.1) is 0 Å². The van der Waals surface area contributed by atoms with Gasteiger partial charge in [-0.1, -0.05) is 30.3 Å². The molecule has 0 aliphatic rings. The number of nitrogens with one attached hydrogen (secondary N) is 1. The third kappa shape index (κ3) is 2.99. The number of hydrogen-bond donors (Lipinski definition) is 1. The molecule has 3 aromatic rings. The van der Waals surface area contributed by atoms with Crippen molar-refractivity contribution < 1.29 is 4.79 Å². The second kappa shape index (κ2) is 6.23. The molecule has 0 radical (unpaired) electrons. The number of amides is 1. The molecule has 22 heavy (non-hydrogen) atoms. The largest absolute Gasteiger partial charge is 0.344 e. The first-order valence-corrected chi connectivity index (χ1v) is 7.70. The highest BCUT2D eigenvalue weighted by Gasteiger charge is 2.13. The van der Waals surface area contributed by atoms with E-state index in [0.29, 0.717) is 5.69 Å². The highest BCUT2D eigenvalue weighted by atomic mass is 79.9. The lowest BCUT2D eigenvalue weighted by molar-refractivity contribution is 0.0935. The van der Waals surface area contributed by atoms with Crippen molar-refractivity contribution >= 4 is 32.7 Å². The average molecular weight is 356 g/mol. The van der Waals surface area contributed by atoms with E-state index >= 15 is 0 Å². The van der Waals surface area contributed by atoms with Gasteiger partial charge >= 0.3 is 0 Å². The van der Waals surface area contributed by atoms with E-state index in [9.17, 15) is 4.79 Å². The van der Waals surface area contributed by atoms with Crippen molar-refractivity contribution in [2.45, 2.75) is 13.0 Å². The Bertz CT molecular complexity index is 821. The molecule has 110 valence electrons. The number of benzene rings is 1. The molecular formula is C17H14BrN3O. The highest BCUT2D eigenvalue weighted by molar-refractivity contribution is 9.10. The van der Waals surface area contributed by atoms with Crippen LogP contribution in [0.15, 0.2) is 59.3 Å². The summed E-state index contributed by atoms with van der Waals surface area (Å²) in [5.41, 5.74) is 2.18. The molecule has 2 heterocycles. The van der Waals surface area contributed by atoms with Gasteiger partial charge in [-0.15, -0.1) is 0 Å². The van der Waals surface area contributed by atoms with Crippen LogP contribution in [0.2, 0.25) is 0 Å². The monoisotopic (exact) mass is 355 g/mol. The molecule has 0 saturated heterocycles. The van der Waals surface area contributed by atoms with Crippen molar-refractivity contribution in [3.05, 3.63) is 70.6 Å². The number of carbonyl (C=O) groups excluding carboxylic acids is 1. The van der Waals surface area contributed by atoms with E-state index in [4.69, 9.17) is 0 Å². The summed E-state index contributed by atoms with van der Waals surface area (Å²) in [6, 6.07) is 13.3. The van der Waals surface area contributed by atoms with Gasteiger partial charge in [0, 0.05) is 17.8 Å². The molecule has 1 aromatic carbocycles. The Morgan fingerprint density at radius 1 is 1.14 bits per heavy atom. The fourth-order valence-corrected chi connectivity index (χ4v) is 2.67. The van der Waals surface area contributed by atoms with Crippen molar-refractivity contribution in [2.75, 3.05) is 0 Å². The SMILES string of the molecule is CC(NC(=O)c1ccc2cncc(Br)c2n1)c1ccccc1. The maximum Gasteiger partial charge on any atom is 0.270 e. The summed E-state index contributed by atoms with van der Waals surface area (Å²) in [4.78, 5) is 20.9. The van der Waals surface area contributed by atoms with Crippen LogP contribution >= 0.6 is 15.9 Å². The summed E-state index contributed by atoms with van der Waals surface area (Å²) >= 11 is 3.41. The molecule has 1 amide bonds. The van der Waals surface area contributed by atoms with Gasteiger partial charge in [0.05, 0.1) is 16.0 Å². The fraction of sp³-hybridized carbons (Fsp3) is 0.118. The molecule has 0 bridgehead atoms. The van der Waals surface area contributed by atoms with Crippen LogP contribution in [0.25, 0.3) is 10.9 Å². The third-order valence-corrected chi connectivity index (χ3v) is 4.01. The van der Waals surface area contributed by atoms with Crippen LogP contribution in [-0.2, 0) is 0 Å². The average Bonchev–Trinajstić information content (AvgIpc) is 2.55. The van der Waals surface area contributed by atoms with Gasteiger partial charge in [0.25, 0.3) is 5.91 Å². The normalized spacial score (nSPS) is 12.1. The predicted octanol–water partition coefficient (Wildman–Crippen LogP) is 3.88. The predicted molar refractivity (Wildman–Crippen MR) is 89.6 cm³/mol.